The summed E-state index contributed by atoms with van der Waals surface area (Å²) < 4.78 is 20.3. The number of piperidine rings is 1. The molecule has 9 nitrogen and oxygen atoms in total. The third-order valence-electron chi connectivity index (χ3n) is 7.04. The van der Waals surface area contributed by atoms with Crippen molar-refractivity contribution in [2.45, 2.75) is 32.2 Å². The number of phenols is 1. The lowest BCUT2D eigenvalue weighted by Crippen LogP contribution is -2.34. The van der Waals surface area contributed by atoms with Crippen LogP contribution in [-0.2, 0) is 11.3 Å². The molecule has 1 atom stereocenters. The molecule has 0 unspecified atom stereocenters. The summed E-state index contributed by atoms with van der Waals surface area (Å²) in [4.78, 5) is 13.8. The third-order valence-corrected chi connectivity index (χ3v) is 7.04. The van der Waals surface area contributed by atoms with Gasteiger partial charge in [0, 0.05) is 42.1 Å². The Labute approximate surface area is 223 Å². The van der Waals surface area contributed by atoms with Crippen molar-refractivity contribution < 1.29 is 18.7 Å². The van der Waals surface area contributed by atoms with Gasteiger partial charge in [-0.2, -0.15) is 5.10 Å². The number of hydrogen-bond donors (Lipinski definition) is 3. The van der Waals surface area contributed by atoms with Crippen LogP contribution in [0.5, 0.6) is 5.75 Å². The number of carbonyl (C=O) groups is 1. The molecule has 1 fully saturated rings. The molecular formula is C29H27FN6O3. The zero-order valence-electron chi connectivity index (χ0n) is 21.3. The standard InChI is InChI=1S/C29H27FN6O3/c1-17(37)31-25-14-18(9-11-26(25)38)27-22-13-19(8-10-24(22)32-33-27)28-34-35-29(39-28)21-6-4-12-36(16-21)15-20-5-2-3-7-23(20)30/h2-3,5,7-11,13-14,21,38H,4,6,12,15-16H2,1H3,(H,31,37)(H,32,33)/t21-/m1/s1. The van der Waals surface area contributed by atoms with E-state index >= 15 is 0 Å². The van der Waals surface area contributed by atoms with Crippen LogP contribution in [0.15, 0.2) is 65.1 Å². The second kappa shape index (κ2) is 10.3. The number of hydrogen-bond acceptors (Lipinski definition) is 7. The molecule has 5 aromatic rings. The van der Waals surface area contributed by atoms with E-state index in [4.69, 9.17) is 4.42 Å². The number of phenolic OH excluding ortho intramolecular Hbond substituents is 1. The van der Waals surface area contributed by atoms with Gasteiger partial charge in [0.15, 0.2) is 0 Å². The zero-order valence-corrected chi connectivity index (χ0v) is 21.3. The third kappa shape index (κ3) is 5.10. The smallest absolute Gasteiger partial charge is 0.247 e. The van der Waals surface area contributed by atoms with E-state index in [0.29, 0.717) is 35.3 Å². The van der Waals surface area contributed by atoms with E-state index in [1.165, 1.54) is 19.1 Å². The predicted octanol–water partition coefficient (Wildman–Crippen LogP) is 5.46. The lowest BCUT2D eigenvalue weighted by molar-refractivity contribution is -0.114. The van der Waals surface area contributed by atoms with E-state index in [-0.39, 0.29) is 23.4 Å². The molecule has 2 aromatic heterocycles. The van der Waals surface area contributed by atoms with E-state index < -0.39 is 0 Å². The van der Waals surface area contributed by atoms with Crippen molar-refractivity contribution in [3.8, 4) is 28.5 Å². The molecule has 0 aliphatic carbocycles. The predicted molar refractivity (Wildman–Crippen MR) is 144 cm³/mol. The molecule has 198 valence electrons. The van der Waals surface area contributed by atoms with E-state index in [1.54, 1.807) is 18.2 Å². The maximum Gasteiger partial charge on any atom is 0.247 e. The number of halogens is 1. The number of anilines is 1. The second-order valence-corrected chi connectivity index (χ2v) is 9.86. The van der Waals surface area contributed by atoms with Gasteiger partial charge in [-0.15, -0.1) is 10.2 Å². The number of fused-ring (bicyclic) bond motifs is 1. The first kappa shape index (κ1) is 24.7. The van der Waals surface area contributed by atoms with Crippen LogP contribution in [0, 0.1) is 5.82 Å². The van der Waals surface area contributed by atoms with Crippen molar-refractivity contribution in [2.24, 2.45) is 0 Å². The molecule has 0 bridgehead atoms. The summed E-state index contributed by atoms with van der Waals surface area (Å²) in [5.41, 5.74) is 3.96. The first-order valence-corrected chi connectivity index (χ1v) is 12.8. The number of rotatable bonds is 6. The van der Waals surface area contributed by atoms with Gasteiger partial charge in [-0.3, -0.25) is 14.8 Å². The number of nitrogens with one attached hydrogen (secondary N) is 2. The summed E-state index contributed by atoms with van der Waals surface area (Å²) in [6.07, 6.45) is 1.89. The Hall–Kier alpha value is -4.57. The summed E-state index contributed by atoms with van der Waals surface area (Å²) >= 11 is 0. The Morgan fingerprint density at radius 2 is 2.00 bits per heavy atom. The van der Waals surface area contributed by atoms with Crippen LogP contribution in [-0.4, -0.2) is 49.4 Å². The monoisotopic (exact) mass is 526 g/mol. The van der Waals surface area contributed by atoms with Crippen molar-refractivity contribution >= 4 is 22.5 Å². The van der Waals surface area contributed by atoms with Crippen molar-refractivity contribution in [1.82, 2.24) is 25.3 Å². The van der Waals surface area contributed by atoms with Gasteiger partial charge in [0.05, 0.1) is 22.8 Å². The molecule has 3 heterocycles. The van der Waals surface area contributed by atoms with Gasteiger partial charge in [-0.1, -0.05) is 18.2 Å². The largest absolute Gasteiger partial charge is 0.506 e. The van der Waals surface area contributed by atoms with Crippen LogP contribution in [0.4, 0.5) is 10.1 Å². The van der Waals surface area contributed by atoms with Crippen molar-refractivity contribution in [1.29, 1.82) is 0 Å². The fourth-order valence-corrected chi connectivity index (χ4v) is 5.12. The van der Waals surface area contributed by atoms with Crippen LogP contribution >= 0.6 is 0 Å². The molecular weight excluding hydrogens is 499 g/mol. The molecule has 1 aliphatic rings. The van der Waals surface area contributed by atoms with Crippen LogP contribution in [0.1, 0.15) is 37.1 Å². The number of amides is 1. The number of H-pyrrole nitrogens is 1. The van der Waals surface area contributed by atoms with Gasteiger partial charge in [0.2, 0.25) is 17.7 Å². The van der Waals surface area contributed by atoms with Gasteiger partial charge < -0.3 is 14.8 Å². The quantitative estimate of drug-likeness (QED) is 0.251. The lowest BCUT2D eigenvalue weighted by Gasteiger charge is -2.31. The Kier molecular flexibility index (Phi) is 6.54. The highest BCUT2D eigenvalue weighted by atomic mass is 19.1. The molecule has 6 rings (SSSR count). The molecule has 1 aliphatic heterocycles. The molecule has 1 amide bonds. The van der Waals surface area contributed by atoms with Crippen molar-refractivity contribution in [3.05, 3.63) is 77.9 Å². The Morgan fingerprint density at radius 1 is 1.15 bits per heavy atom. The topological polar surface area (TPSA) is 120 Å². The lowest BCUT2D eigenvalue weighted by atomic mass is 9.97. The minimum Gasteiger partial charge on any atom is -0.506 e. The minimum absolute atomic E-state index is 0.0250. The van der Waals surface area contributed by atoms with E-state index in [2.05, 4.69) is 30.6 Å². The summed E-state index contributed by atoms with van der Waals surface area (Å²) in [7, 11) is 0. The minimum atomic E-state index is -0.280. The second-order valence-electron chi connectivity index (χ2n) is 9.86. The molecule has 3 aromatic carbocycles. The summed E-state index contributed by atoms with van der Waals surface area (Å²) in [5, 5.41) is 29.8. The van der Waals surface area contributed by atoms with Crippen molar-refractivity contribution in [2.75, 3.05) is 18.4 Å². The molecule has 3 N–H and O–H groups in total. The number of aromatic nitrogens is 4. The highest BCUT2D eigenvalue weighted by Gasteiger charge is 2.27. The number of likely N-dealkylation sites (tertiary alicyclic amines) is 1. The Balaban J connectivity index is 1.24. The highest BCUT2D eigenvalue weighted by Crippen LogP contribution is 2.35. The number of benzene rings is 3. The van der Waals surface area contributed by atoms with E-state index in [1.807, 2.05) is 30.3 Å². The highest BCUT2D eigenvalue weighted by molar-refractivity contribution is 5.97. The number of aromatic amines is 1. The van der Waals surface area contributed by atoms with Crippen LogP contribution < -0.4 is 5.32 Å². The Bertz CT molecular complexity index is 1660. The summed E-state index contributed by atoms with van der Waals surface area (Å²) in [6.45, 7) is 3.55. The van der Waals surface area contributed by atoms with Gasteiger partial charge in [0.25, 0.3) is 0 Å². The number of nitrogens with zero attached hydrogens (tertiary/aromatic N) is 4. The van der Waals surface area contributed by atoms with Crippen LogP contribution in [0.25, 0.3) is 33.6 Å². The van der Waals surface area contributed by atoms with Crippen molar-refractivity contribution in [3.63, 3.8) is 0 Å². The maximum absolute atomic E-state index is 14.2. The van der Waals surface area contributed by atoms with E-state index in [0.717, 1.165) is 48.0 Å². The van der Waals surface area contributed by atoms with Crippen LogP contribution in [0.2, 0.25) is 0 Å². The number of carbonyl (C=O) groups excluding carboxylic acids is 1. The maximum atomic E-state index is 14.2. The van der Waals surface area contributed by atoms with Gasteiger partial charge in [-0.05, 0) is 61.9 Å². The molecule has 39 heavy (non-hydrogen) atoms. The van der Waals surface area contributed by atoms with E-state index in [9.17, 15) is 14.3 Å². The molecule has 1 saturated heterocycles. The molecule has 10 heteroatoms. The summed E-state index contributed by atoms with van der Waals surface area (Å²) in [5.74, 6) is 0.570. The molecule has 0 saturated carbocycles. The molecule has 0 spiro atoms. The first-order chi connectivity index (χ1) is 18.9. The fourth-order valence-electron chi connectivity index (χ4n) is 5.12. The van der Waals surface area contributed by atoms with Gasteiger partial charge in [0.1, 0.15) is 11.6 Å². The fraction of sp³-hybridized carbons (Fsp3) is 0.241. The van der Waals surface area contributed by atoms with Crippen LogP contribution in [0.3, 0.4) is 0 Å². The average molecular weight is 527 g/mol. The number of aromatic hydroxyl groups is 1. The zero-order chi connectivity index (χ0) is 26.9. The summed E-state index contributed by atoms with van der Waals surface area (Å²) in [6, 6.07) is 17.5. The van der Waals surface area contributed by atoms with Gasteiger partial charge in [-0.25, -0.2) is 4.39 Å². The Morgan fingerprint density at radius 3 is 2.85 bits per heavy atom. The molecule has 0 radical (unpaired) electrons. The normalized spacial score (nSPS) is 16.0. The average Bonchev–Trinajstić information content (AvgIpc) is 3.59. The van der Waals surface area contributed by atoms with Gasteiger partial charge >= 0.3 is 0 Å². The SMILES string of the molecule is CC(=O)Nc1cc(-c2n[nH]c3ccc(-c4nnc([C@@H]5CCCN(Cc6ccccc6F)C5)o4)cc23)ccc1O. The first-order valence-electron chi connectivity index (χ1n) is 12.8.